The lowest BCUT2D eigenvalue weighted by molar-refractivity contribution is -0.0449. The molecule has 1 aromatic heterocycles. The van der Waals surface area contributed by atoms with Gasteiger partial charge in [-0.2, -0.15) is 5.10 Å². The monoisotopic (exact) mass is 230 g/mol. The summed E-state index contributed by atoms with van der Waals surface area (Å²) in [5.74, 6) is -2.45. The first-order valence-corrected chi connectivity index (χ1v) is 5.95. The van der Waals surface area contributed by atoms with Crippen LogP contribution in [0, 0.1) is 6.92 Å². The molecular formula is C12H20F2N2. The van der Waals surface area contributed by atoms with Gasteiger partial charge in [0.05, 0.1) is 12.2 Å². The molecule has 1 saturated carbocycles. The second kappa shape index (κ2) is 5.41. The van der Waals surface area contributed by atoms with Crippen molar-refractivity contribution in [2.24, 2.45) is 0 Å². The van der Waals surface area contributed by atoms with Crippen LogP contribution in [0.3, 0.4) is 0 Å². The van der Waals surface area contributed by atoms with Gasteiger partial charge in [0.1, 0.15) is 0 Å². The van der Waals surface area contributed by atoms with Gasteiger partial charge in [-0.25, -0.2) is 8.78 Å². The zero-order valence-electron chi connectivity index (χ0n) is 10.2. The molecule has 0 radical (unpaired) electrons. The number of aromatic nitrogens is 2. The highest BCUT2D eigenvalue weighted by Gasteiger charge is 2.35. The van der Waals surface area contributed by atoms with Crippen LogP contribution in [-0.2, 0) is 0 Å². The highest BCUT2D eigenvalue weighted by Crippen LogP contribution is 2.37. The summed E-state index contributed by atoms with van der Waals surface area (Å²) in [5, 5.41) is 4.16. The Morgan fingerprint density at radius 1 is 1.31 bits per heavy atom. The van der Waals surface area contributed by atoms with Gasteiger partial charge in [0.15, 0.2) is 0 Å². The van der Waals surface area contributed by atoms with Crippen molar-refractivity contribution in [2.45, 2.75) is 58.4 Å². The summed E-state index contributed by atoms with van der Waals surface area (Å²) in [6.07, 6.45) is 4.76. The second-order valence-corrected chi connectivity index (χ2v) is 4.08. The predicted molar refractivity (Wildman–Crippen MR) is 60.8 cm³/mol. The molecule has 0 aromatic carbocycles. The Hall–Kier alpha value is -0.930. The van der Waals surface area contributed by atoms with Gasteiger partial charge in [-0.15, -0.1) is 0 Å². The molecule has 0 aliphatic heterocycles. The molecule has 0 spiro atoms. The van der Waals surface area contributed by atoms with Gasteiger partial charge in [-0.05, 0) is 25.3 Å². The molecule has 1 fully saturated rings. The average molecular weight is 230 g/mol. The van der Waals surface area contributed by atoms with E-state index in [1.54, 1.807) is 6.20 Å². The molecule has 0 amide bonds. The normalized spacial score (nSPS) is 20.1. The van der Waals surface area contributed by atoms with E-state index in [0.717, 1.165) is 5.56 Å². The summed E-state index contributed by atoms with van der Waals surface area (Å²) in [4.78, 5) is 0. The first-order chi connectivity index (χ1) is 7.57. The van der Waals surface area contributed by atoms with Crippen molar-refractivity contribution in [1.29, 1.82) is 0 Å². The highest BCUT2D eigenvalue weighted by atomic mass is 19.3. The van der Waals surface area contributed by atoms with Gasteiger partial charge in [0.2, 0.25) is 5.92 Å². The van der Waals surface area contributed by atoms with Crippen LogP contribution in [0.4, 0.5) is 8.78 Å². The van der Waals surface area contributed by atoms with Gasteiger partial charge in [0, 0.05) is 19.0 Å². The third kappa shape index (κ3) is 3.29. The summed E-state index contributed by atoms with van der Waals surface area (Å²) < 4.78 is 27.6. The molecule has 16 heavy (non-hydrogen) atoms. The fraction of sp³-hybridized carbons (Fsp3) is 0.750. The van der Waals surface area contributed by atoms with Crippen molar-refractivity contribution in [3.05, 3.63) is 18.0 Å². The molecule has 1 aromatic rings. The van der Waals surface area contributed by atoms with Gasteiger partial charge in [-0.3, -0.25) is 4.68 Å². The molecule has 4 heteroatoms. The topological polar surface area (TPSA) is 17.8 Å². The van der Waals surface area contributed by atoms with Crippen molar-refractivity contribution in [3.8, 4) is 0 Å². The quantitative estimate of drug-likeness (QED) is 0.713. The van der Waals surface area contributed by atoms with E-state index in [1.165, 1.54) is 0 Å². The zero-order chi connectivity index (χ0) is 12.2. The van der Waals surface area contributed by atoms with Crippen LogP contribution in [0.5, 0.6) is 0 Å². The minimum absolute atomic E-state index is 0.00340. The maximum absolute atomic E-state index is 12.9. The van der Waals surface area contributed by atoms with E-state index in [4.69, 9.17) is 0 Å². The summed E-state index contributed by atoms with van der Waals surface area (Å²) in [5.41, 5.74) is 1.09. The molecule has 92 valence electrons. The van der Waals surface area contributed by atoms with Gasteiger partial charge in [0.25, 0.3) is 0 Å². The Morgan fingerprint density at radius 3 is 2.31 bits per heavy atom. The Morgan fingerprint density at radius 2 is 1.88 bits per heavy atom. The highest BCUT2D eigenvalue weighted by molar-refractivity contribution is 5.01. The molecular weight excluding hydrogens is 210 g/mol. The standard InChI is InChI=1S/C10H14F2N2.C2H6/c1-8-6-13-14(7-8)9-2-4-10(11,12)5-3-9;1-2/h6-7,9H,2-5H2,1H3;1-2H3. The van der Waals surface area contributed by atoms with Crippen LogP contribution in [0.15, 0.2) is 12.4 Å². The lowest BCUT2D eigenvalue weighted by atomic mass is 9.92. The lowest BCUT2D eigenvalue weighted by Gasteiger charge is -2.28. The molecule has 2 rings (SSSR count). The minimum atomic E-state index is -2.45. The Bertz CT molecular complexity index is 311. The molecule has 0 N–H and O–H groups in total. The minimum Gasteiger partial charge on any atom is -0.269 e. The largest absolute Gasteiger partial charge is 0.269 e. The summed E-state index contributed by atoms with van der Waals surface area (Å²) in [6, 6.07) is 0.170. The second-order valence-electron chi connectivity index (χ2n) is 4.08. The third-order valence-electron chi connectivity index (χ3n) is 2.79. The number of hydrogen-bond acceptors (Lipinski definition) is 1. The predicted octanol–water partition coefficient (Wildman–Crippen LogP) is 3.97. The van der Waals surface area contributed by atoms with Crippen molar-refractivity contribution in [2.75, 3.05) is 0 Å². The van der Waals surface area contributed by atoms with Crippen LogP contribution in [0.2, 0.25) is 0 Å². The third-order valence-corrected chi connectivity index (χ3v) is 2.79. The molecule has 0 saturated heterocycles. The van der Waals surface area contributed by atoms with Crippen molar-refractivity contribution in [1.82, 2.24) is 9.78 Å². The number of rotatable bonds is 1. The molecule has 2 nitrogen and oxygen atoms in total. The number of hydrogen-bond donors (Lipinski definition) is 0. The molecule has 0 bridgehead atoms. The Balaban J connectivity index is 0.000000606. The van der Waals surface area contributed by atoms with E-state index in [9.17, 15) is 8.78 Å². The number of nitrogens with zero attached hydrogens (tertiary/aromatic N) is 2. The molecule has 1 aliphatic rings. The van der Waals surface area contributed by atoms with E-state index in [2.05, 4.69) is 5.10 Å². The summed E-state index contributed by atoms with van der Waals surface area (Å²) in [6.45, 7) is 5.96. The first kappa shape index (κ1) is 13.1. The van der Waals surface area contributed by atoms with Crippen molar-refractivity contribution < 1.29 is 8.78 Å². The van der Waals surface area contributed by atoms with E-state index in [-0.39, 0.29) is 18.9 Å². The molecule has 0 unspecified atom stereocenters. The smallest absolute Gasteiger partial charge is 0.248 e. The van der Waals surface area contributed by atoms with Crippen LogP contribution in [0.25, 0.3) is 0 Å². The van der Waals surface area contributed by atoms with Crippen molar-refractivity contribution >= 4 is 0 Å². The molecule has 1 heterocycles. The van der Waals surface area contributed by atoms with E-state index >= 15 is 0 Å². The van der Waals surface area contributed by atoms with E-state index in [0.29, 0.717) is 12.8 Å². The number of halogens is 2. The van der Waals surface area contributed by atoms with Crippen LogP contribution < -0.4 is 0 Å². The number of aryl methyl sites for hydroxylation is 1. The van der Waals surface area contributed by atoms with Gasteiger partial charge >= 0.3 is 0 Å². The fourth-order valence-electron chi connectivity index (χ4n) is 1.92. The summed E-state index contributed by atoms with van der Waals surface area (Å²) in [7, 11) is 0. The van der Waals surface area contributed by atoms with Gasteiger partial charge in [-0.1, -0.05) is 13.8 Å². The maximum atomic E-state index is 12.9. The van der Waals surface area contributed by atoms with Crippen LogP contribution >= 0.6 is 0 Å². The zero-order valence-corrected chi connectivity index (χ0v) is 10.2. The average Bonchev–Trinajstić information content (AvgIpc) is 2.68. The Kier molecular flexibility index (Phi) is 4.44. The fourth-order valence-corrected chi connectivity index (χ4v) is 1.92. The van der Waals surface area contributed by atoms with Crippen LogP contribution in [0.1, 0.15) is 51.1 Å². The maximum Gasteiger partial charge on any atom is 0.248 e. The first-order valence-electron chi connectivity index (χ1n) is 5.95. The van der Waals surface area contributed by atoms with Crippen LogP contribution in [-0.4, -0.2) is 15.7 Å². The van der Waals surface area contributed by atoms with E-state index in [1.807, 2.05) is 31.6 Å². The molecule has 1 aliphatic carbocycles. The molecule has 0 atom stereocenters. The number of alkyl halides is 2. The SMILES string of the molecule is CC.Cc1cnn(C2CCC(F)(F)CC2)c1. The van der Waals surface area contributed by atoms with E-state index < -0.39 is 5.92 Å². The Labute approximate surface area is 95.7 Å². The lowest BCUT2D eigenvalue weighted by Crippen LogP contribution is -2.26. The van der Waals surface area contributed by atoms with Gasteiger partial charge < -0.3 is 0 Å². The summed E-state index contributed by atoms with van der Waals surface area (Å²) >= 11 is 0. The van der Waals surface area contributed by atoms with Crippen molar-refractivity contribution in [3.63, 3.8) is 0 Å².